The van der Waals surface area contributed by atoms with Gasteiger partial charge in [0.1, 0.15) is 11.2 Å². The van der Waals surface area contributed by atoms with E-state index in [1.165, 1.54) is 6.26 Å². The Morgan fingerprint density at radius 2 is 1.51 bits per heavy atom. The summed E-state index contributed by atoms with van der Waals surface area (Å²) in [6.07, 6.45) is -12.0. The van der Waals surface area contributed by atoms with Crippen LogP contribution in [0.5, 0.6) is 0 Å². The number of fused-ring (bicyclic) bond motifs is 3. The average Bonchev–Trinajstić information content (AvgIpc) is 3.43. The van der Waals surface area contributed by atoms with Gasteiger partial charge in [-0.15, -0.1) is 0 Å². The summed E-state index contributed by atoms with van der Waals surface area (Å²) in [6, 6.07) is 0.169. The third-order valence-electron chi connectivity index (χ3n) is 7.75. The van der Waals surface area contributed by atoms with Crippen LogP contribution in [0, 0.1) is 5.92 Å². The molecule has 3 atom stereocenters. The van der Waals surface area contributed by atoms with E-state index in [9.17, 15) is 50.3 Å². The van der Waals surface area contributed by atoms with Crippen molar-refractivity contribution in [2.24, 2.45) is 10.9 Å². The first-order chi connectivity index (χ1) is 23.3. The summed E-state index contributed by atoms with van der Waals surface area (Å²) >= 11 is 0.871. The monoisotopic (exact) mass is 754 g/mol. The number of hydrogen-bond donors (Lipinski definition) is 0. The first kappa shape index (κ1) is 41.4. The molecule has 1 fully saturated rings. The molecule has 2 aliphatic rings. The third-order valence-corrected chi connectivity index (χ3v) is 8.43. The molecular formula is C32H40F6N4O8S. The van der Waals surface area contributed by atoms with Crippen molar-refractivity contribution in [1.29, 1.82) is 0 Å². The summed E-state index contributed by atoms with van der Waals surface area (Å²) in [7, 11) is 1.02. The number of hydrogen-bond acceptors (Lipinski definition) is 9. The predicted molar refractivity (Wildman–Crippen MR) is 173 cm³/mol. The minimum Gasteiger partial charge on any atom is -0.465 e. The number of alkyl halides is 6. The van der Waals surface area contributed by atoms with Crippen molar-refractivity contribution in [2.45, 2.75) is 96.4 Å². The number of aliphatic imine (C=N–C) groups is 1. The first-order valence-corrected chi connectivity index (χ1v) is 16.9. The van der Waals surface area contributed by atoms with Crippen LogP contribution in [0.25, 0.3) is 0 Å². The van der Waals surface area contributed by atoms with Gasteiger partial charge in [-0.25, -0.2) is 14.4 Å². The number of thioether (sulfide) groups is 1. The van der Waals surface area contributed by atoms with Crippen LogP contribution < -0.4 is 4.90 Å². The van der Waals surface area contributed by atoms with Crippen molar-refractivity contribution in [3.8, 4) is 0 Å². The van der Waals surface area contributed by atoms with E-state index in [1.54, 1.807) is 41.5 Å². The second-order valence-electron chi connectivity index (χ2n) is 13.8. The lowest BCUT2D eigenvalue weighted by Crippen LogP contribution is -2.55. The summed E-state index contributed by atoms with van der Waals surface area (Å²) in [5.74, 6) is -6.66. The van der Waals surface area contributed by atoms with Crippen molar-refractivity contribution in [3.63, 3.8) is 0 Å². The summed E-state index contributed by atoms with van der Waals surface area (Å²) in [6.45, 7) is 8.68. The Labute approximate surface area is 294 Å². The summed E-state index contributed by atoms with van der Waals surface area (Å²) in [4.78, 5) is 69.7. The molecule has 0 radical (unpaired) electrons. The lowest BCUT2D eigenvalue weighted by molar-refractivity contribution is -0.187. The Bertz CT molecular complexity index is 1550. The molecular weight excluding hydrogens is 714 g/mol. The number of halogens is 6. The van der Waals surface area contributed by atoms with Gasteiger partial charge in [0.25, 0.3) is 0 Å². The molecule has 4 amide bonds. The standard InChI is InChI=1S/C32H40F6N4O8S/c1-29(2,3)49-27(46)39-26(51-8)41(28(47)50-30(4,5)6)14-9-10-20-18-13-15-40(24(44)31(33,34)35)22(18)19-16-17(23(43)48-7)11-12-21(19)42(20)25(45)32(36,37)38/h11-12,16,18,20,22H,9-10,13-15H2,1-8H3/b39-26+/t18-,20-,22-/m0/s1. The Hall–Kier alpha value is -4.03. The van der Waals surface area contributed by atoms with E-state index in [2.05, 4.69) is 9.73 Å². The zero-order chi connectivity index (χ0) is 38.9. The largest absolute Gasteiger partial charge is 0.471 e. The number of esters is 1. The maximum Gasteiger partial charge on any atom is 0.471 e. The minimum atomic E-state index is -5.43. The van der Waals surface area contributed by atoms with Crippen molar-refractivity contribution in [2.75, 3.05) is 31.4 Å². The van der Waals surface area contributed by atoms with Crippen molar-refractivity contribution in [1.82, 2.24) is 9.80 Å². The molecule has 0 N–H and O–H groups in total. The number of methoxy groups -OCH3 is 1. The fraction of sp³-hybridized carbons (Fsp3) is 0.625. The second-order valence-corrected chi connectivity index (χ2v) is 14.5. The van der Waals surface area contributed by atoms with Crippen LogP contribution >= 0.6 is 11.8 Å². The minimum absolute atomic E-state index is 0.174. The number of nitrogens with zero attached hydrogens (tertiary/aromatic N) is 4. The van der Waals surface area contributed by atoms with E-state index in [0.29, 0.717) is 9.80 Å². The topological polar surface area (TPSA) is 135 Å². The maximum atomic E-state index is 14.2. The molecule has 12 nitrogen and oxygen atoms in total. The quantitative estimate of drug-likeness (QED) is 0.104. The van der Waals surface area contributed by atoms with Crippen LogP contribution in [-0.2, 0) is 23.8 Å². The van der Waals surface area contributed by atoms with Gasteiger partial charge in [-0.3, -0.25) is 14.5 Å². The van der Waals surface area contributed by atoms with Crippen molar-refractivity contribution >= 4 is 52.6 Å². The molecule has 19 heteroatoms. The molecule has 284 valence electrons. The van der Waals surface area contributed by atoms with Crippen LogP contribution in [0.3, 0.4) is 0 Å². The van der Waals surface area contributed by atoms with E-state index < -0.39 is 83.8 Å². The highest BCUT2D eigenvalue weighted by Crippen LogP contribution is 2.52. The lowest BCUT2D eigenvalue weighted by atomic mass is 9.79. The predicted octanol–water partition coefficient (Wildman–Crippen LogP) is 6.87. The van der Waals surface area contributed by atoms with E-state index in [4.69, 9.17) is 9.47 Å². The van der Waals surface area contributed by atoms with Gasteiger partial charge in [0, 0.05) is 30.7 Å². The fourth-order valence-electron chi connectivity index (χ4n) is 5.99. The number of anilines is 1. The Morgan fingerprint density at radius 1 is 0.922 bits per heavy atom. The fourth-order valence-corrected chi connectivity index (χ4v) is 6.55. The number of rotatable bonds is 5. The zero-order valence-corrected chi connectivity index (χ0v) is 30.0. The summed E-state index contributed by atoms with van der Waals surface area (Å²) in [5.41, 5.74) is -2.90. The van der Waals surface area contributed by atoms with Crippen LogP contribution in [0.2, 0.25) is 0 Å². The van der Waals surface area contributed by atoms with Crippen molar-refractivity contribution < 1.29 is 64.5 Å². The van der Waals surface area contributed by atoms with Gasteiger partial charge in [0.15, 0.2) is 5.17 Å². The molecule has 51 heavy (non-hydrogen) atoms. The van der Waals surface area contributed by atoms with Gasteiger partial charge in [0.05, 0.1) is 18.7 Å². The van der Waals surface area contributed by atoms with E-state index in [-0.39, 0.29) is 42.1 Å². The van der Waals surface area contributed by atoms with Gasteiger partial charge in [-0.05, 0) is 90.8 Å². The number of amides is 4. The highest BCUT2D eigenvalue weighted by Gasteiger charge is 2.57. The van der Waals surface area contributed by atoms with Gasteiger partial charge >= 0.3 is 42.3 Å². The normalized spacial score (nSPS) is 19.6. The van der Waals surface area contributed by atoms with Crippen LogP contribution in [0.15, 0.2) is 23.2 Å². The second kappa shape index (κ2) is 15.3. The number of benzene rings is 1. The molecule has 1 saturated heterocycles. The Balaban J connectivity index is 2.12. The number of ether oxygens (including phenoxy) is 3. The van der Waals surface area contributed by atoms with Crippen molar-refractivity contribution in [3.05, 3.63) is 29.3 Å². The summed E-state index contributed by atoms with van der Waals surface area (Å²) in [5, 5.41) is -0.174. The van der Waals surface area contributed by atoms with E-state index in [0.717, 1.165) is 42.0 Å². The highest BCUT2D eigenvalue weighted by molar-refractivity contribution is 8.13. The Morgan fingerprint density at radius 3 is 2.02 bits per heavy atom. The number of amidine groups is 1. The molecule has 3 rings (SSSR count). The molecule has 1 aromatic rings. The number of carbonyl (C=O) groups is 5. The zero-order valence-electron chi connectivity index (χ0n) is 29.2. The van der Waals surface area contributed by atoms with Crippen LogP contribution in [0.1, 0.15) is 82.8 Å². The molecule has 2 aliphatic heterocycles. The molecule has 0 unspecified atom stereocenters. The van der Waals surface area contributed by atoms with Crippen LogP contribution in [0.4, 0.5) is 41.6 Å². The lowest BCUT2D eigenvalue weighted by Gasteiger charge is -2.46. The molecule has 0 spiro atoms. The summed E-state index contributed by atoms with van der Waals surface area (Å²) < 4.78 is 99.1. The van der Waals surface area contributed by atoms with Gasteiger partial charge in [-0.1, -0.05) is 11.8 Å². The SMILES string of the molecule is COC(=O)c1ccc2c(c1)[C@@H]1[C@@H](CCN1C(=O)C(F)(F)F)[C@H](CCCN(C(=O)OC(C)(C)C)/C(=N\C(=O)OC(C)(C)C)SC)N2C(=O)C(F)(F)F. The number of likely N-dealkylation sites (tertiary alicyclic amines) is 1. The molecule has 2 heterocycles. The molecule has 0 aliphatic carbocycles. The number of carbonyl (C=O) groups excluding carboxylic acids is 5. The first-order valence-electron chi connectivity index (χ1n) is 15.7. The molecule has 1 aromatic carbocycles. The smallest absolute Gasteiger partial charge is 0.465 e. The van der Waals surface area contributed by atoms with Gasteiger partial charge < -0.3 is 24.0 Å². The van der Waals surface area contributed by atoms with Gasteiger partial charge in [0.2, 0.25) is 0 Å². The van der Waals surface area contributed by atoms with E-state index >= 15 is 0 Å². The van der Waals surface area contributed by atoms with Gasteiger partial charge in [-0.2, -0.15) is 31.3 Å². The Kier molecular flexibility index (Phi) is 12.4. The molecule has 0 aromatic heterocycles. The molecule has 0 bridgehead atoms. The third kappa shape index (κ3) is 10.1. The van der Waals surface area contributed by atoms with Crippen LogP contribution in [-0.4, -0.2) is 101 Å². The molecule has 0 saturated carbocycles. The average molecular weight is 755 g/mol. The maximum absolute atomic E-state index is 14.2. The highest BCUT2D eigenvalue weighted by atomic mass is 32.2. The van der Waals surface area contributed by atoms with E-state index in [1.807, 2.05) is 0 Å².